The Labute approximate surface area is 117 Å². The lowest BCUT2D eigenvalue weighted by atomic mass is 9.94. The van der Waals surface area contributed by atoms with E-state index in [1.807, 2.05) is 0 Å². The van der Waals surface area contributed by atoms with Crippen LogP contribution in [0.25, 0.3) is 0 Å². The van der Waals surface area contributed by atoms with Gasteiger partial charge in [0.1, 0.15) is 5.69 Å². The molecule has 0 radical (unpaired) electrons. The van der Waals surface area contributed by atoms with Crippen molar-refractivity contribution in [1.82, 2.24) is 4.31 Å². The molecule has 0 heterocycles. The van der Waals surface area contributed by atoms with E-state index < -0.39 is 14.9 Å². The third-order valence-electron chi connectivity index (χ3n) is 3.70. The molecule has 0 unspecified atom stereocenters. The Morgan fingerprint density at radius 3 is 2.50 bits per heavy atom. The molecular weight excluding hydrogens is 282 g/mol. The van der Waals surface area contributed by atoms with E-state index in [0.29, 0.717) is 0 Å². The summed E-state index contributed by atoms with van der Waals surface area (Å²) in [6, 6.07) is 3.84. The first kappa shape index (κ1) is 14.7. The van der Waals surface area contributed by atoms with Gasteiger partial charge < -0.3 is 5.32 Å². The van der Waals surface area contributed by atoms with Gasteiger partial charge in [0.25, 0.3) is 5.69 Å². The maximum Gasteiger partial charge on any atom is 0.292 e. The summed E-state index contributed by atoms with van der Waals surface area (Å²) in [6.45, 7) is 0. The van der Waals surface area contributed by atoms with Crippen molar-refractivity contribution in [3.8, 4) is 0 Å². The molecule has 2 rings (SSSR count). The van der Waals surface area contributed by atoms with Crippen molar-refractivity contribution in [2.75, 3.05) is 19.4 Å². The van der Waals surface area contributed by atoms with Gasteiger partial charge in [0.15, 0.2) is 0 Å². The Morgan fingerprint density at radius 2 is 2.05 bits per heavy atom. The molecule has 0 bridgehead atoms. The van der Waals surface area contributed by atoms with Gasteiger partial charge in [-0.25, -0.2) is 8.42 Å². The molecule has 1 aliphatic carbocycles. The van der Waals surface area contributed by atoms with Gasteiger partial charge in [-0.2, -0.15) is 4.31 Å². The number of anilines is 1. The molecule has 1 aliphatic rings. The number of hydrogen-bond acceptors (Lipinski definition) is 5. The summed E-state index contributed by atoms with van der Waals surface area (Å²) in [6.07, 6.45) is 2.76. The Bertz CT molecular complexity index is 626. The summed E-state index contributed by atoms with van der Waals surface area (Å²) in [5, 5.41) is 13.5. The number of nitrogens with zero attached hydrogens (tertiary/aromatic N) is 2. The second-order valence-corrected chi connectivity index (χ2v) is 6.79. The molecule has 110 valence electrons. The van der Waals surface area contributed by atoms with Gasteiger partial charge in [-0.15, -0.1) is 0 Å². The van der Waals surface area contributed by atoms with Crippen LogP contribution in [-0.4, -0.2) is 37.8 Å². The van der Waals surface area contributed by atoms with E-state index in [4.69, 9.17) is 0 Å². The summed E-state index contributed by atoms with van der Waals surface area (Å²) < 4.78 is 26.2. The van der Waals surface area contributed by atoms with Crippen molar-refractivity contribution < 1.29 is 13.3 Å². The van der Waals surface area contributed by atoms with E-state index in [1.165, 1.54) is 29.6 Å². The van der Waals surface area contributed by atoms with Crippen LogP contribution in [0.3, 0.4) is 0 Å². The average Bonchev–Trinajstić information content (AvgIpc) is 2.35. The Balaban J connectivity index is 2.39. The van der Waals surface area contributed by atoms with Crippen molar-refractivity contribution in [1.29, 1.82) is 0 Å². The molecule has 1 aromatic carbocycles. The smallest absolute Gasteiger partial charge is 0.292 e. The standard InChI is InChI=1S/C12H17N3O4S/c1-13-11-8-10(6-7-12(11)15(16)17)20(18,19)14(2)9-4-3-5-9/h6-9,13H,3-5H2,1-2H3. The predicted octanol–water partition coefficient (Wildman–Crippen LogP) is 1.81. The lowest BCUT2D eigenvalue weighted by Gasteiger charge is -2.33. The molecule has 1 fully saturated rings. The number of hydrogen-bond donors (Lipinski definition) is 1. The van der Waals surface area contributed by atoms with Crippen LogP contribution in [0.5, 0.6) is 0 Å². The zero-order valence-corrected chi connectivity index (χ0v) is 12.2. The third kappa shape index (κ3) is 2.48. The van der Waals surface area contributed by atoms with E-state index in [1.54, 1.807) is 7.05 Å². The minimum atomic E-state index is -3.60. The number of nitro groups is 1. The molecule has 0 aliphatic heterocycles. The number of nitrogens with one attached hydrogen (secondary N) is 1. The van der Waals surface area contributed by atoms with E-state index in [9.17, 15) is 18.5 Å². The summed E-state index contributed by atoms with van der Waals surface area (Å²) in [5.74, 6) is 0. The van der Waals surface area contributed by atoms with Gasteiger partial charge >= 0.3 is 0 Å². The molecule has 8 heteroatoms. The first-order valence-electron chi connectivity index (χ1n) is 6.32. The first-order valence-corrected chi connectivity index (χ1v) is 7.76. The predicted molar refractivity (Wildman–Crippen MR) is 75.2 cm³/mol. The molecule has 7 nitrogen and oxygen atoms in total. The maximum absolute atomic E-state index is 12.4. The van der Waals surface area contributed by atoms with E-state index in [0.717, 1.165) is 19.3 Å². The molecule has 0 spiro atoms. The molecule has 0 amide bonds. The van der Waals surface area contributed by atoms with Gasteiger partial charge in [-0.1, -0.05) is 6.42 Å². The second-order valence-electron chi connectivity index (χ2n) is 4.79. The van der Waals surface area contributed by atoms with E-state index in [-0.39, 0.29) is 22.3 Å². The lowest BCUT2D eigenvalue weighted by Crippen LogP contribution is -2.41. The molecule has 0 atom stereocenters. The third-order valence-corrected chi connectivity index (χ3v) is 5.61. The quantitative estimate of drug-likeness (QED) is 0.661. The van der Waals surface area contributed by atoms with Crippen molar-refractivity contribution in [3.05, 3.63) is 28.3 Å². The highest BCUT2D eigenvalue weighted by Gasteiger charge is 2.32. The van der Waals surface area contributed by atoms with Gasteiger partial charge in [-0.05, 0) is 25.0 Å². The fourth-order valence-corrected chi connectivity index (χ4v) is 3.59. The summed E-state index contributed by atoms with van der Waals surface area (Å²) in [4.78, 5) is 10.4. The normalized spacial score (nSPS) is 15.9. The fraction of sp³-hybridized carbons (Fsp3) is 0.500. The Morgan fingerprint density at radius 1 is 1.40 bits per heavy atom. The minimum absolute atomic E-state index is 0.0354. The fourth-order valence-electron chi connectivity index (χ4n) is 2.15. The average molecular weight is 299 g/mol. The topological polar surface area (TPSA) is 92.6 Å². The highest BCUT2D eigenvalue weighted by molar-refractivity contribution is 7.89. The summed E-state index contributed by atoms with van der Waals surface area (Å²) in [7, 11) is -0.526. The molecule has 1 N–H and O–H groups in total. The van der Waals surface area contributed by atoms with Crippen LogP contribution in [-0.2, 0) is 10.0 Å². The number of rotatable bonds is 5. The van der Waals surface area contributed by atoms with Crippen LogP contribution in [0.2, 0.25) is 0 Å². The highest BCUT2D eigenvalue weighted by Crippen LogP contribution is 2.31. The molecule has 20 heavy (non-hydrogen) atoms. The van der Waals surface area contributed by atoms with Crippen molar-refractivity contribution in [2.24, 2.45) is 0 Å². The zero-order valence-electron chi connectivity index (χ0n) is 11.4. The number of sulfonamides is 1. The number of benzene rings is 1. The molecule has 0 aromatic heterocycles. The maximum atomic E-state index is 12.4. The Hall–Kier alpha value is -1.67. The summed E-state index contributed by atoms with van der Waals surface area (Å²) in [5.41, 5.74) is 0.0517. The lowest BCUT2D eigenvalue weighted by molar-refractivity contribution is -0.384. The summed E-state index contributed by atoms with van der Waals surface area (Å²) >= 11 is 0. The van der Waals surface area contributed by atoms with Gasteiger partial charge in [0, 0.05) is 26.2 Å². The zero-order chi connectivity index (χ0) is 14.9. The minimum Gasteiger partial charge on any atom is -0.383 e. The van der Waals surface area contributed by atoms with Crippen LogP contribution >= 0.6 is 0 Å². The highest BCUT2D eigenvalue weighted by atomic mass is 32.2. The molecule has 0 saturated heterocycles. The van der Waals surface area contributed by atoms with E-state index in [2.05, 4.69) is 5.32 Å². The van der Waals surface area contributed by atoms with Crippen molar-refractivity contribution in [3.63, 3.8) is 0 Å². The van der Waals surface area contributed by atoms with Crippen LogP contribution in [0, 0.1) is 10.1 Å². The van der Waals surface area contributed by atoms with Gasteiger partial charge in [-0.3, -0.25) is 10.1 Å². The van der Waals surface area contributed by atoms with E-state index >= 15 is 0 Å². The van der Waals surface area contributed by atoms with Crippen molar-refractivity contribution in [2.45, 2.75) is 30.2 Å². The van der Waals surface area contributed by atoms with Gasteiger partial charge in [0.05, 0.1) is 9.82 Å². The number of nitro benzene ring substituents is 1. The monoisotopic (exact) mass is 299 g/mol. The molecule has 1 aromatic rings. The molecule has 1 saturated carbocycles. The Kier molecular flexibility index (Phi) is 3.96. The van der Waals surface area contributed by atoms with Crippen LogP contribution in [0.4, 0.5) is 11.4 Å². The largest absolute Gasteiger partial charge is 0.383 e. The van der Waals surface area contributed by atoms with Crippen molar-refractivity contribution >= 4 is 21.4 Å². The SMILES string of the molecule is CNc1cc(S(=O)(=O)N(C)C2CCC2)ccc1[N+](=O)[O-]. The second kappa shape index (κ2) is 5.37. The van der Waals surface area contributed by atoms with Crippen LogP contribution < -0.4 is 5.32 Å². The van der Waals surface area contributed by atoms with Crippen LogP contribution in [0.15, 0.2) is 23.1 Å². The molecular formula is C12H17N3O4S. The van der Waals surface area contributed by atoms with Gasteiger partial charge in [0.2, 0.25) is 10.0 Å². The first-order chi connectivity index (χ1) is 9.37. The van der Waals surface area contributed by atoms with Crippen LogP contribution in [0.1, 0.15) is 19.3 Å².